The molecule has 1 aliphatic heterocycles. The van der Waals surface area contributed by atoms with Crippen molar-refractivity contribution in [1.82, 2.24) is 0 Å². The second-order valence-corrected chi connectivity index (χ2v) is 17.9. The van der Waals surface area contributed by atoms with Crippen LogP contribution in [0, 0.1) is 0 Å². The van der Waals surface area contributed by atoms with E-state index in [0.717, 1.165) is 11.4 Å². The van der Waals surface area contributed by atoms with E-state index in [1.807, 2.05) is 11.3 Å². The minimum Gasteiger partial charge on any atom is -0.333 e. The van der Waals surface area contributed by atoms with E-state index in [-0.39, 0.29) is 6.04 Å². The lowest BCUT2D eigenvalue weighted by molar-refractivity contribution is 0.745. The van der Waals surface area contributed by atoms with E-state index in [2.05, 4.69) is 240 Å². The molecule has 0 bridgehead atoms. The molecule has 2 aliphatic rings. The molecular formula is C60H40N2S. The average Bonchev–Trinajstić information content (AvgIpc) is 3.91. The fourth-order valence-electron chi connectivity index (χ4n) is 10.5. The van der Waals surface area contributed by atoms with Crippen molar-refractivity contribution in [2.75, 3.05) is 9.80 Å². The van der Waals surface area contributed by atoms with Crippen LogP contribution in [0.5, 0.6) is 0 Å². The zero-order chi connectivity index (χ0) is 41.4. The molecule has 63 heavy (non-hydrogen) atoms. The molecule has 0 saturated heterocycles. The highest BCUT2D eigenvalue weighted by Crippen LogP contribution is 2.50. The van der Waals surface area contributed by atoms with Crippen LogP contribution in [0.15, 0.2) is 231 Å². The Morgan fingerprint density at radius 3 is 1.98 bits per heavy atom. The SMILES string of the molecule is C1=CC2c3ccccc3N(c3ccc(-c4ccc(N(c5ccc6ccc7ccc8ccccc8c7c6c5)c5cccc6sc7ccccc7c56)cc4-c4ccccc4)cc3)C2C=C1. The summed E-state index contributed by atoms with van der Waals surface area (Å²) in [4.78, 5) is 5.00. The van der Waals surface area contributed by atoms with Crippen molar-refractivity contribution in [3.05, 3.63) is 236 Å². The Kier molecular flexibility index (Phi) is 8.25. The van der Waals surface area contributed by atoms with Gasteiger partial charge in [0.05, 0.1) is 11.7 Å². The second kappa shape index (κ2) is 14.4. The quantitative estimate of drug-likeness (QED) is 0.154. The smallest absolute Gasteiger partial charge is 0.0629 e. The van der Waals surface area contributed by atoms with Crippen LogP contribution in [0.2, 0.25) is 0 Å². The lowest BCUT2D eigenvalue weighted by atomic mass is 9.91. The Labute approximate surface area is 370 Å². The zero-order valence-electron chi connectivity index (χ0n) is 34.4. The van der Waals surface area contributed by atoms with Gasteiger partial charge in [-0.3, -0.25) is 0 Å². The largest absolute Gasteiger partial charge is 0.333 e. The van der Waals surface area contributed by atoms with Crippen LogP contribution in [0.25, 0.3) is 74.7 Å². The van der Waals surface area contributed by atoms with Crippen molar-refractivity contribution in [3.8, 4) is 22.3 Å². The molecule has 1 aliphatic carbocycles. The van der Waals surface area contributed by atoms with Crippen LogP contribution in [0.3, 0.4) is 0 Å². The van der Waals surface area contributed by atoms with Gasteiger partial charge in [0, 0.05) is 48.8 Å². The van der Waals surface area contributed by atoms with Gasteiger partial charge >= 0.3 is 0 Å². The van der Waals surface area contributed by atoms with E-state index in [9.17, 15) is 0 Å². The van der Waals surface area contributed by atoms with Crippen LogP contribution < -0.4 is 9.80 Å². The van der Waals surface area contributed by atoms with Gasteiger partial charge in [-0.05, 0) is 121 Å². The highest BCUT2D eigenvalue weighted by atomic mass is 32.1. The molecule has 0 N–H and O–H groups in total. The molecule has 2 heterocycles. The average molecular weight is 821 g/mol. The maximum absolute atomic E-state index is 2.51. The van der Waals surface area contributed by atoms with Crippen molar-refractivity contribution >= 4 is 92.3 Å². The number of thiophene rings is 1. The maximum Gasteiger partial charge on any atom is 0.0629 e. The molecule has 0 spiro atoms. The minimum absolute atomic E-state index is 0.264. The topological polar surface area (TPSA) is 6.48 Å². The summed E-state index contributed by atoms with van der Waals surface area (Å²) < 4.78 is 2.58. The summed E-state index contributed by atoms with van der Waals surface area (Å²) in [5, 5.41) is 10.1. The molecule has 1 aromatic heterocycles. The fourth-order valence-corrected chi connectivity index (χ4v) is 11.6. The first-order valence-corrected chi connectivity index (χ1v) is 22.6. The molecule has 11 aromatic rings. The molecule has 2 atom stereocenters. The number of nitrogens with zero attached hydrogens (tertiary/aromatic N) is 2. The van der Waals surface area contributed by atoms with Gasteiger partial charge in [-0.2, -0.15) is 0 Å². The second-order valence-electron chi connectivity index (χ2n) is 16.8. The summed E-state index contributed by atoms with van der Waals surface area (Å²) in [6.45, 7) is 0. The van der Waals surface area contributed by atoms with Crippen LogP contribution in [0.4, 0.5) is 28.4 Å². The molecule has 2 unspecified atom stereocenters. The third-order valence-electron chi connectivity index (χ3n) is 13.4. The van der Waals surface area contributed by atoms with Gasteiger partial charge in [-0.1, -0.05) is 170 Å². The number of anilines is 5. The molecule has 13 rings (SSSR count). The monoisotopic (exact) mass is 820 g/mol. The lowest BCUT2D eigenvalue weighted by Crippen LogP contribution is -2.28. The van der Waals surface area contributed by atoms with Crippen LogP contribution in [0.1, 0.15) is 11.5 Å². The van der Waals surface area contributed by atoms with Crippen molar-refractivity contribution in [2.24, 2.45) is 0 Å². The summed E-state index contributed by atoms with van der Waals surface area (Å²) in [6, 6.07) is 76.8. The van der Waals surface area contributed by atoms with E-state index in [0.29, 0.717) is 5.92 Å². The minimum atomic E-state index is 0.264. The van der Waals surface area contributed by atoms with E-state index in [4.69, 9.17) is 0 Å². The highest BCUT2D eigenvalue weighted by molar-refractivity contribution is 7.26. The van der Waals surface area contributed by atoms with Gasteiger partial charge in [0.2, 0.25) is 0 Å². The molecule has 0 saturated carbocycles. The number of rotatable bonds is 6. The molecule has 3 heteroatoms. The van der Waals surface area contributed by atoms with Gasteiger partial charge in [0.25, 0.3) is 0 Å². The first-order valence-electron chi connectivity index (χ1n) is 21.8. The normalized spacial score (nSPS) is 15.5. The summed E-state index contributed by atoms with van der Waals surface area (Å²) in [5.41, 5.74) is 12.0. The first kappa shape index (κ1) is 36.0. The summed E-state index contributed by atoms with van der Waals surface area (Å²) >= 11 is 1.86. The number of para-hydroxylation sites is 1. The van der Waals surface area contributed by atoms with Crippen molar-refractivity contribution in [3.63, 3.8) is 0 Å². The number of fused-ring (bicyclic) bond motifs is 11. The van der Waals surface area contributed by atoms with Crippen LogP contribution >= 0.6 is 11.3 Å². The summed E-state index contributed by atoms with van der Waals surface area (Å²) in [6.07, 6.45) is 9.07. The molecule has 2 nitrogen and oxygen atoms in total. The predicted molar refractivity (Wildman–Crippen MR) is 271 cm³/mol. The maximum atomic E-state index is 2.51. The van der Waals surface area contributed by atoms with Gasteiger partial charge in [0.1, 0.15) is 0 Å². The molecule has 0 radical (unpaired) electrons. The van der Waals surface area contributed by atoms with Gasteiger partial charge in [0.15, 0.2) is 0 Å². The molecular weight excluding hydrogens is 781 g/mol. The van der Waals surface area contributed by atoms with E-state index in [1.165, 1.54) is 97.4 Å². The third-order valence-corrected chi connectivity index (χ3v) is 14.5. The number of hydrogen-bond donors (Lipinski definition) is 0. The Morgan fingerprint density at radius 2 is 1.10 bits per heavy atom. The van der Waals surface area contributed by atoms with Crippen LogP contribution in [-0.2, 0) is 0 Å². The highest BCUT2D eigenvalue weighted by Gasteiger charge is 2.37. The van der Waals surface area contributed by atoms with E-state index >= 15 is 0 Å². The molecule has 10 aromatic carbocycles. The number of hydrogen-bond acceptors (Lipinski definition) is 3. The predicted octanol–water partition coefficient (Wildman–Crippen LogP) is 17.0. The summed E-state index contributed by atoms with van der Waals surface area (Å²) in [5.74, 6) is 0.352. The molecule has 296 valence electrons. The van der Waals surface area contributed by atoms with Crippen molar-refractivity contribution < 1.29 is 0 Å². The van der Waals surface area contributed by atoms with Crippen LogP contribution in [-0.4, -0.2) is 6.04 Å². The Hall–Kier alpha value is -7.72. The number of allylic oxidation sites excluding steroid dienone is 2. The Balaban J connectivity index is 1.01. The molecule has 0 fully saturated rings. The van der Waals surface area contributed by atoms with E-state index in [1.54, 1.807) is 0 Å². The Morgan fingerprint density at radius 1 is 0.429 bits per heavy atom. The third kappa shape index (κ3) is 5.78. The number of benzene rings is 10. The standard InChI is InChI=1S/C60H40N2S/c1-2-13-39(14-3-1)52-37-46(35-36-47(52)41-29-32-44(33-30-41)62-54-20-9-6-17-49(54)50-18-7-10-21-55(50)62)61(56-22-12-24-58-60(56)51-19-8-11-23-57(51)63-58)45-34-31-42-26-28-43-27-25-40-15-4-5-16-48(40)59(43)53(42)38-45/h1-38,49,54H. The fraction of sp³-hybridized carbons (Fsp3) is 0.0333. The Bertz CT molecular complexity index is 3650. The van der Waals surface area contributed by atoms with Gasteiger partial charge < -0.3 is 9.80 Å². The van der Waals surface area contributed by atoms with Gasteiger partial charge in [-0.25, -0.2) is 0 Å². The zero-order valence-corrected chi connectivity index (χ0v) is 35.2. The van der Waals surface area contributed by atoms with E-state index < -0.39 is 0 Å². The summed E-state index contributed by atoms with van der Waals surface area (Å²) in [7, 11) is 0. The lowest BCUT2D eigenvalue weighted by Gasteiger charge is -2.29. The molecule has 0 amide bonds. The van der Waals surface area contributed by atoms with Crippen molar-refractivity contribution in [1.29, 1.82) is 0 Å². The van der Waals surface area contributed by atoms with Gasteiger partial charge in [-0.15, -0.1) is 11.3 Å². The van der Waals surface area contributed by atoms with Crippen molar-refractivity contribution in [2.45, 2.75) is 12.0 Å². The first-order chi connectivity index (χ1) is 31.2.